The van der Waals surface area contributed by atoms with Gasteiger partial charge in [-0.15, -0.1) is 0 Å². The third kappa shape index (κ3) is 5.93. The lowest BCUT2D eigenvalue weighted by Crippen LogP contribution is -2.55. The van der Waals surface area contributed by atoms with E-state index in [2.05, 4.69) is 72.6 Å². The summed E-state index contributed by atoms with van der Waals surface area (Å²) in [6.07, 6.45) is 4.57. The maximum absolute atomic E-state index is 12.6. The second-order valence-electron chi connectivity index (χ2n) is 12.8. The molecule has 0 radical (unpaired) electrons. The number of anilines is 2. The Morgan fingerprint density at radius 3 is 2.70 bits per heavy atom. The Kier molecular flexibility index (Phi) is 8.40. The molecule has 44 heavy (non-hydrogen) atoms. The molecule has 3 aromatic rings. The standard InChI is InChI=1S/C34H40ClN7O2/c1-5-30(43)41-17-16-40(19-25(41)12-15-36)32-26-18-23(2)42(29-11-7-9-24-8-6-10-27(35)31(24)29)20-28(26)37-33(38-32)44-22-34(13-14-34)21-39(3)4/h5-11,23,25H,1,12-14,16-22H2,2-4H3/t23-,25-/m1/s1. The van der Waals surface area contributed by atoms with Gasteiger partial charge in [0.2, 0.25) is 5.91 Å². The number of piperazine rings is 1. The molecule has 2 atom stereocenters. The summed E-state index contributed by atoms with van der Waals surface area (Å²) in [5.74, 6) is 0.700. The molecule has 2 fully saturated rings. The van der Waals surface area contributed by atoms with Crippen molar-refractivity contribution in [2.75, 3.05) is 56.7 Å². The molecule has 230 valence electrons. The van der Waals surface area contributed by atoms with E-state index in [4.69, 9.17) is 26.3 Å². The topological polar surface area (TPSA) is 88.8 Å². The van der Waals surface area contributed by atoms with Crippen LogP contribution < -0.4 is 14.5 Å². The maximum atomic E-state index is 12.6. The average molecular weight is 614 g/mol. The van der Waals surface area contributed by atoms with E-state index in [-0.39, 0.29) is 29.8 Å². The van der Waals surface area contributed by atoms with Gasteiger partial charge in [-0.2, -0.15) is 15.2 Å². The minimum absolute atomic E-state index is 0.137. The van der Waals surface area contributed by atoms with Gasteiger partial charge in [-0.05, 0) is 63.9 Å². The molecular weight excluding hydrogens is 574 g/mol. The number of ether oxygens (including phenoxy) is 1. The quantitative estimate of drug-likeness (QED) is 0.309. The van der Waals surface area contributed by atoms with Crippen molar-refractivity contribution in [1.82, 2.24) is 19.8 Å². The number of hydrogen-bond donors (Lipinski definition) is 0. The number of nitrogens with zero attached hydrogens (tertiary/aromatic N) is 7. The molecule has 0 spiro atoms. The summed E-state index contributed by atoms with van der Waals surface area (Å²) in [7, 11) is 4.19. The lowest BCUT2D eigenvalue weighted by atomic mass is 9.96. The molecule has 1 amide bonds. The van der Waals surface area contributed by atoms with Crippen LogP contribution in [0.2, 0.25) is 5.02 Å². The van der Waals surface area contributed by atoms with Crippen LogP contribution in [0.15, 0.2) is 49.1 Å². The van der Waals surface area contributed by atoms with E-state index >= 15 is 0 Å². The highest BCUT2D eigenvalue weighted by atomic mass is 35.5. The first-order valence-corrected chi connectivity index (χ1v) is 15.8. The van der Waals surface area contributed by atoms with Gasteiger partial charge in [0, 0.05) is 54.3 Å². The maximum Gasteiger partial charge on any atom is 0.318 e. The van der Waals surface area contributed by atoms with Gasteiger partial charge in [0.05, 0.1) is 42.4 Å². The van der Waals surface area contributed by atoms with Crippen molar-refractivity contribution < 1.29 is 9.53 Å². The van der Waals surface area contributed by atoms with E-state index in [0.29, 0.717) is 38.8 Å². The van der Waals surface area contributed by atoms with E-state index in [1.165, 1.54) is 6.08 Å². The van der Waals surface area contributed by atoms with E-state index in [9.17, 15) is 10.1 Å². The van der Waals surface area contributed by atoms with E-state index in [1.807, 2.05) is 12.1 Å². The largest absolute Gasteiger partial charge is 0.463 e. The van der Waals surface area contributed by atoms with Crippen LogP contribution in [0.1, 0.15) is 37.4 Å². The van der Waals surface area contributed by atoms with Crippen molar-refractivity contribution in [2.24, 2.45) is 5.41 Å². The van der Waals surface area contributed by atoms with Crippen LogP contribution in [0.3, 0.4) is 0 Å². The van der Waals surface area contributed by atoms with Crippen molar-refractivity contribution in [1.29, 1.82) is 5.26 Å². The van der Waals surface area contributed by atoms with Gasteiger partial charge in [-0.25, -0.2) is 0 Å². The molecule has 9 nitrogen and oxygen atoms in total. The number of carbonyl (C=O) groups excluding carboxylic acids is 1. The molecule has 1 saturated carbocycles. The van der Waals surface area contributed by atoms with Gasteiger partial charge >= 0.3 is 6.01 Å². The Morgan fingerprint density at radius 1 is 1.23 bits per heavy atom. The van der Waals surface area contributed by atoms with Crippen LogP contribution in [0.4, 0.5) is 11.5 Å². The number of fused-ring (bicyclic) bond motifs is 2. The molecule has 10 heteroatoms. The van der Waals surface area contributed by atoms with Crippen molar-refractivity contribution in [3.63, 3.8) is 0 Å². The molecule has 0 N–H and O–H groups in total. The molecule has 2 aromatic carbocycles. The fourth-order valence-electron chi connectivity index (χ4n) is 6.87. The van der Waals surface area contributed by atoms with Crippen LogP contribution in [-0.2, 0) is 17.8 Å². The Labute approximate surface area is 264 Å². The molecule has 0 unspecified atom stereocenters. The SMILES string of the molecule is C=CC(=O)N1CCN(c2nc(OCC3(CN(C)C)CC3)nc3c2C[C@@H](C)N(c2cccc4cccc(Cl)c24)C3)C[C@H]1CC#N. The van der Waals surface area contributed by atoms with Gasteiger partial charge in [0.15, 0.2) is 0 Å². The zero-order chi connectivity index (χ0) is 31.0. The second kappa shape index (κ2) is 12.3. The van der Waals surface area contributed by atoms with E-state index < -0.39 is 0 Å². The van der Waals surface area contributed by atoms with Crippen molar-refractivity contribution >= 4 is 39.8 Å². The van der Waals surface area contributed by atoms with Gasteiger partial charge in [-0.1, -0.05) is 42.4 Å². The summed E-state index contributed by atoms with van der Waals surface area (Å²) in [5, 5.41) is 12.4. The summed E-state index contributed by atoms with van der Waals surface area (Å²) in [5.41, 5.74) is 3.26. The summed E-state index contributed by atoms with van der Waals surface area (Å²) in [6, 6.07) is 14.9. The molecule has 1 aromatic heterocycles. The second-order valence-corrected chi connectivity index (χ2v) is 13.2. The number of amides is 1. The molecule has 2 aliphatic heterocycles. The predicted octanol–water partition coefficient (Wildman–Crippen LogP) is 5.07. The molecule has 6 rings (SSSR count). The van der Waals surface area contributed by atoms with E-state index in [1.54, 1.807) is 4.90 Å². The Hall–Kier alpha value is -3.87. The highest BCUT2D eigenvalue weighted by Crippen LogP contribution is 2.46. The summed E-state index contributed by atoms with van der Waals surface area (Å²) in [6.45, 7) is 9.62. The summed E-state index contributed by atoms with van der Waals surface area (Å²) >= 11 is 6.75. The van der Waals surface area contributed by atoms with Crippen LogP contribution in [-0.4, -0.2) is 84.6 Å². The number of aromatic nitrogens is 2. The highest BCUT2D eigenvalue weighted by Gasteiger charge is 2.44. The van der Waals surface area contributed by atoms with Crippen LogP contribution in [0, 0.1) is 16.7 Å². The first-order chi connectivity index (χ1) is 21.2. The van der Waals surface area contributed by atoms with Crippen molar-refractivity contribution in [3.8, 4) is 12.1 Å². The smallest absolute Gasteiger partial charge is 0.318 e. The number of halogens is 1. The summed E-state index contributed by atoms with van der Waals surface area (Å²) < 4.78 is 6.39. The molecule has 1 saturated heterocycles. The van der Waals surface area contributed by atoms with Crippen molar-refractivity contribution in [3.05, 3.63) is 65.3 Å². The number of nitriles is 1. The minimum atomic E-state index is -0.251. The Balaban J connectivity index is 1.37. The van der Waals surface area contributed by atoms with Crippen molar-refractivity contribution in [2.45, 2.75) is 51.2 Å². The van der Waals surface area contributed by atoms with Crippen LogP contribution in [0.25, 0.3) is 10.8 Å². The fraction of sp³-hybridized carbons (Fsp3) is 0.471. The van der Waals surface area contributed by atoms with Gasteiger partial charge in [0.25, 0.3) is 0 Å². The van der Waals surface area contributed by atoms with Gasteiger partial charge < -0.3 is 24.3 Å². The minimum Gasteiger partial charge on any atom is -0.463 e. The Bertz CT molecular complexity index is 1610. The zero-order valence-corrected chi connectivity index (χ0v) is 26.6. The van der Waals surface area contributed by atoms with Crippen LogP contribution in [0.5, 0.6) is 6.01 Å². The third-order valence-corrected chi connectivity index (χ3v) is 9.54. The summed E-state index contributed by atoms with van der Waals surface area (Å²) in [4.78, 5) is 31.2. The third-order valence-electron chi connectivity index (χ3n) is 9.23. The zero-order valence-electron chi connectivity index (χ0n) is 25.8. The number of benzene rings is 2. The number of rotatable bonds is 9. The fourth-order valence-corrected chi connectivity index (χ4v) is 7.15. The van der Waals surface area contributed by atoms with Gasteiger partial charge in [0.1, 0.15) is 5.82 Å². The molecule has 1 aliphatic carbocycles. The Morgan fingerprint density at radius 2 is 2.00 bits per heavy atom. The van der Waals surface area contributed by atoms with Crippen LogP contribution >= 0.6 is 11.6 Å². The molecule has 3 heterocycles. The monoisotopic (exact) mass is 613 g/mol. The molecule has 0 bridgehead atoms. The number of hydrogen-bond acceptors (Lipinski definition) is 8. The first kappa shape index (κ1) is 30.2. The average Bonchev–Trinajstić information content (AvgIpc) is 3.77. The first-order valence-electron chi connectivity index (χ1n) is 15.4. The lowest BCUT2D eigenvalue weighted by Gasteiger charge is -2.43. The normalized spacial score (nSPS) is 20.8. The number of carbonyl (C=O) groups is 1. The lowest BCUT2D eigenvalue weighted by molar-refractivity contribution is -0.128. The van der Waals surface area contributed by atoms with Gasteiger partial charge in [-0.3, -0.25) is 4.79 Å². The molecule has 3 aliphatic rings. The van der Waals surface area contributed by atoms with E-state index in [0.717, 1.165) is 64.4 Å². The highest BCUT2D eigenvalue weighted by molar-refractivity contribution is 6.36. The molecular formula is C34H40ClN7O2. The predicted molar refractivity (Wildman–Crippen MR) is 174 cm³/mol.